The molecule has 0 unspecified atom stereocenters. The molecule has 1 aromatic heterocycles. The number of carbonyl (C=O) groups is 1. The molecule has 0 amide bonds. The average molecular weight is 326 g/mol. The van der Waals surface area contributed by atoms with Gasteiger partial charge in [0.15, 0.2) is 5.34 Å². The summed E-state index contributed by atoms with van der Waals surface area (Å²) in [7, 11) is 0. The number of carboxylic acid groups (broad SMARTS) is 1. The highest BCUT2D eigenvalue weighted by molar-refractivity contribution is 5.91. The van der Waals surface area contributed by atoms with E-state index < -0.39 is 5.97 Å². The fourth-order valence-corrected chi connectivity index (χ4v) is 2.09. The summed E-state index contributed by atoms with van der Waals surface area (Å²) in [5.74, 6) is -0.685. The lowest BCUT2D eigenvalue weighted by atomic mass is 10.0. The van der Waals surface area contributed by atoms with Gasteiger partial charge >= 0.3 is 5.97 Å². The first-order chi connectivity index (χ1) is 11.1. The van der Waals surface area contributed by atoms with Gasteiger partial charge in [0.2, 0.25) is 5.88 Å². The Hall–Kier alpha value is -2.18. The molecule has 2 N–H and O–H groups in total. The van der Waals surface area contributed by atoms with Gasteiger partial charge in [-0.3, -0.25) is 0 Å². The number of hydrogen-bond donors (Lipinski definition) is 2. The summed E-state index contributed by atoms with van der Waals surface area (Å²) in [6.07, 6.45) is 8.80. The predicted octanol–water partition coefficient (Wildman–Crippen LogP) is 4.22. The maximum atomic E-state index is 11.4. The number of hydrogen-bond acceptors (Lipinski definition) is 5. The first kappa shape index (κ1) is 20.8. The fraction of sp³-hybridized carbons (Fsp3) is 0.625. The number of unbranched alkanes of at least 4 members (excludes halogenated alkanes) is 4. The van der Waals surface area contributed by atoms with Crippen molar-refractivity contribution in [1.29, 1.82) is 0 Å². The van der Waals surface area contributed by atoms with Crippen molar-refractivity contribution in [2.75, 3.05) is 6.61 Å². The summed E-state index contributed by atoms with van der Waals surface area (Å²) in [5, 5.41) is 17.3. The molecule has 0 fully saturated rings. The van der Waals surface area contributed by atoms with E-state index in [-0.39, 0.29) is 11.4 Å². The molecule has 0 aliphatic rings. The van der Waals surface area contributed by atoms with Crippen molar-refractivity contribution >= 4 is 5.97 Å². The average Bonchev–Trinajstić information content (AvgIpc) is 2.53. The molecule has 0 atom stereocenters. The molecule has 0 saturated heterocycles. The highest BCUT2D eigenvalue weighted by atomic mass is 16.6. The third-order valence-electron chi connectivity index (χ3n) is 3.25. The van der Waals surface area contributed by atoms with Gasteiger partial charge in [0.25, 0.3) is 0 Å². The monoisotopic (exact) mass is 326 g/mol. The van der Waals surface area contributed by atoms with Crippen LogP contribution in [-0.4, -0.2) is 27.9 Å². The van der Waals surface area contributed by atoms with Gasteiger partial charge in [0.05, 0.1) is 6.61 Å². The van der Waals surface area contributed by atoms with Gasteiger partial charge in [0.1, 0.15) is 5.56 Å². The Kier molecular flexibility index (Phi) is 12.2. The fourth-order valence-electron chi connectivity index (χ4n) is 2.09. The van der Waals surface area contributed by atoms with Crippen LogP contribution in [0.3, 0.4) is 0 Å². The van der Waals surface area contributed by atoms with Crippen LogP contribution in [0.4, 0.5) is 0 Å². The molecule has 0 bridgehead atoms. The normalized spacial score (nSPS) is 9.65. The lowest BCUT2D eigenvalue weighted by molar-refractivity contribution is 0.0689. The van der Waals surface area contributed by atoms with E-state index in [9.17, 15) is 9.90 Å². The van der Waals surface area contributed by atoms with Crippen LogP contribution in [0.5, 0.6) is 5.88 Å². The SMILES string of the molecule is CCCCCCOc1nccc(CCCC)c1C(=O)O.O=NO. The van der Waals surface area contributed by atoms with Crippen LogP contribution in [0.2, 0.25) is 0 Å². The molecule has 1 heterocycles. The zero-order chi connectivity index (χ0) is 17.5. The second kappa shape index (κ2) is 13.5. The van der Waals surface area contributed by atoms with E-state index in [2.05, 4.69) is 18.8 Å². The van der Waals surface area contributed by atoms with Gasteiger partial charge in [-0.1, -0.05) is 39.5 Å². The molecule has 7 nitrogen and oxygen atoms in total. The largest absolute Gasteiger partial charge is 0.477 e. The minimum Gasteiger partial charge on any atom is -0.477 e. The second-order valence-corrected chi connectivity index (χ2v) is 5.05. The molecule has 1 rings (SSSR count). The summed E-state index contributed by atoms with van der Waals surface area (Å²) in [6.45, 7) is 4.78. The maximum absolute atomic E-state index is 11.4. The van der Waals surface area contributed by atoms with E-state index in [1.165, 1.54) is 18.2 Å². The highest BCUT2D eigenvalue weighted by Gasteiger charge is 2.17. The van der Waals surface area contributed by atoms with Crippen LogP contribution >= 0.6 is 0 Å². The molecular weight excluding hydrogens is 300 g/mol. The van der Waals surface area contributed by atoms with Crippen LogP contribution in [-0.2, 0) is 6.42 Å². The first-order valence-electron chi connectivity index (χ1n) is 7.92. The Morgan fingerprint density at radius 3 is 2.43 bits per heavy atom. The Bertz CT molecular complexity index is 466. The van der Waals surface area contributed by atoms with Gasteiger partial charge in [-0.05, 0) is 30.9 Å². The van der Waals surface area contributed by atoms with Crippen molar-refractivity contribution in [2.24, 2.45) is 5.34 Å². The van der Waals surface area contributed by atoms with Crippen LogP contribution in [0.25, 0.3) is 0 Å². The summed E-state index contributed by atoms with van der Waals surface area (Å²) >= 11 is 0. The van der Waals surface area contributed by atoms with Crippen molar-refractivity contribution in [3.05, 3.63) is 28.3 Å². The lowest BCUT2D eigenvalue weighted by Crippen LogP contribution is -2.09. The zero-order valence-corrected chi connectivity index (χ0v) is 13.8. The molecule has 0 radical (unpaired) electrons. The smallest absolute Gasteiger partial charge is 0.341 e. The number of carboxylic acids is 1. The Balaban J connectivity index is 0.00000149. The first-order valence-corrected chi connectivity index (χ1v) is 7.92. The zero-order valence-electron chi connectivity index (χ0n) is 13.8. The maximum Gasteiger partial charge on any atom is 0.341 e. The van der Waals surface area contributed by atoms with Crippen molar-refractivity contribution < 1.29 is 19.8 Å². The minimum absolute atomic E-state index is 0.233. The van der Waals surface area contributed by atoms with Gasteiger partial charge in [-0.2, -0.15) is 0 Å². The van der Waals surface area contributed by atoms with E-state index in [0.29, 0.717) is 6.61 Å². The van der Waals surface area contributed by atoms with Crippen LogP contribution in [0.1, 0.15) is 68.3 Å². The van der Waals surface area contributed by atoms with Crippen molar-refractivity contribution in [3.63, 3.8) is 0 Å². The molecule has 0 aliphatic heterocycles. The van der Waals surface area contributed by atoms with E-state index in [1.807, 2.05) is 0 Å². The number of rotatable bonds is 10. The molecule has 1 aromatic rings. The van der Waals surface area contributed by atoms with Crippen molar-refractivity contribution in [1.82, 2.24) is 4.98 Å². The number of ether oxygens (including phenoxy) is 1. The van der Waals surface area contributed by atoms with Crippen LogP contribution in [0.15, 0.2) is 17.6 Å². The van der Waals surface area contributed by atoms with E-state index >= 15 is 0 Å². The quantitative estimate of drug-likeness (QED) is 0.378. The molecular formula is C16H26N2O5. The van der Waals surface area contributed by atoms with Gasteiger partial charge in [-0.15, -0.1) is 4.91 Å². The Morgan fingerprint density at radius 2 is 1.87 bits per heavy atom. The number of aryl methyl sites for hydroxylation is 1. The number of nitrogens with zero attached hydrogens (tertiary/aromatic N) is 2. The minimum atomic E-state index is -0.951. The standard InChI is InChI=1S/C16H25NO3.HNO2/c1-3-5-7-8-12-20-15-14(16(18)19)13(9-6-4-2)10-11-17-15;2-1-3/h10-11H,3-9,12H2,1-2H3,(H,18,19);(H,2,3). The Morgan fingerprint density at radius 1 is 1.22 bits per heavy atom. The summed E-state index contributed by atoms with van der Waals surface area (Å²) in [4.78, 5) is 23.6. The second-order valence-electron chi connectivity index (χ2n) is 5.05. The van der Waals surface area contributed by atoms with Gasteiger partial charge < -0.3 is 15.1 Å². The van der Waals surface area contributed by atoms with Crippen molar-refractivity contribution in [2.45, 2.75) is 58.8 Å². The summed E-state index contributed by atoms with van der Waals surface area (Å²) in [5.41, 5.74) is 1.05. The molecule has 0 aromatic carbocycles. The van der Waals surface area contributed by atoms with E-state index in [4.69, 9.17) is 14.9 Å². The molecule has 0 spiro atoms. The third-order valence-corrected chi connectivity index (χ3v) is 3.25. The third kappa shape index (κ3) is 8.75. The molecule has 0 saturated carbocycles. The summed E-state index contributed by atoms with van der Waals surface area (Å²) < 4.78 is 5.57. The highest BCUT2D eigenvalue weighted by Crippen LogP contribution is 2.21. The van der Waals surface area contributed by atoms with Crippen LogP contribution in [0, 0.1) is 4.91 Å². The molecule has 0 aliphatic carbocycles. The van der Waals surface area contributed by atoms with Gasteiger partial charge in [-0.25, -0.2) is 9.78 Å². The van der Waals surface area contributed by atoms with Crippen LogP contribution < -0.4 is 4.74 Å². The number of aromatic carboxylic acids is 1. The number of aromatic nitrogens is 1. The Labute approximate surface area is 136 Å². The van der Waals surface area contributed by atoms with Crippen molar-refractivity contribution in [3.8, 4) is 5.88 Å². The molecule has 23 heavy (non-hydrogen) atoms. The molecule has 7 heteroatoms. The lowest BCUT2D eigenvalue weighted by Gasteiger charge is -2.11. The molecule has 130 valence electrons. The predicted molar refractivity (Wildman–Crippen MR) is 87.0 cm³/mol. The van der Waals surface area contributed by atoms with Gasteiger partial charge in [0, 0.05) is 6.20 Å². The van der Waals surface area contributed by atoms with E-state index in [1.54, 1.807) is 12.3 Å². The number of pyridine rings is 1. The topological polar surface area (TPSA) is 109 Å². The summed E-state index contributed by atoms with van der Waals surface area (Å²) in [6, 6.07) is 1.78. The van der Waals surface area contributed by atoms with E-state index in [0.717, 1.165) is 37.7 Å².